The van der Waals surface area contributed by atoms with E-state index in [9.17, 15) is 0 Å². The second kappa shape index (κ2) is 7.59. The number of rotatable bonds is 6. The number of aromatic nitrogens is 1. The van der Waals surface area contributed by atoms with Gasteiger partial charge in [-0.3, -0.25) is 9.88 Å². The molecule has 1 aromatic heterocycles. The van der Waals surface area contributed by atoms with Crippen LogP contribution in [0.4, 0.5) is 0 Å². The van der Waals surface area contributed by atoms with E-state index in [0.29, 0.717) is 17.5 Å². The van der Waals surface area contributed by atoms with Crippen molar-refractivity contribution in [2.75, 3.05) is 26.0 Å². The van der Waals surface area contributed by atoms with Gasteiger partial charge in [-0.2, -0.15) is 0 Å². The Hall–Kier alpha value is -1.56. The molecule has 0 unspecified atom stereocenters. The van der Waals surface area contributed by atoms with Crippen LogP contribution in [0.3, 0.4) is 0 Å². The summed E-state index contributed by atoms with van der Waals surface area (Å²) in [6, 6.07) is 14.5. The summed E-state index contributed by atoms with van der Waals surface area (Å²) in [5.74, 6) is 2.02. The second-order valence-corrected chi connectivity index (χ2v) is 8.88. The van der Waals surface area contributed by atoms with Crippen molar-refractivity contribution in [3.05, 3.63) is 59.4 Å². The average molecular weight is 371 g/mol. The zero-order valence-corrected chi connectivity index (χ0v) is 16.3. The molecule has 0 radical (unpaired) electrons. The Labute approximate surface area is 159 Å². The van der Waals surface area contributed by atoms with E-state index in [0.717, 1.165) is 48.9 Å². The van der Waals surface area contributed by atoms with Gasteiger partial charge in [-0.15, -0.1) is 11.8 Å². The lowest BCUT2D eigenvalue weighted by Gasteiger charge is -2.47. The molecular formula is C21H26N2O2S. The van der Waals surface area contributed by atoms with Crippen molar-refractivity contribution in [1.29, 1.82) is 0 Å². The largest absolute Gasteiger partial charge is 0.497 e. The van der Waals surface area contributed by atoms with E-state index >= 15 is 0 Å². The zero-order chi connectivity index (χ0) is 18.0. The number of ether oxygens (including phenoxy) is 2. The number of hydrogen-bond donors (Lipinski definition) is 0. The molecule has 2 fully saturated rings. The Morgan fingerprint density at radius 1 is 1.19 bits per heavy atom. The van der Waals surface area contributed by atoms with Crippen molar-refractivity contribution in [2.24, 2.45) is 0 Å². The second-order valence-electron chi connectivity index (χ2n) is 7.39. The molecule has 2 aliphatic heterocycles. The van der Waals surface area contributed by atoms with Gasteiger partial charge in [0.1, 0.15) is 5.75 Å². The van der Waals surface area contributed by atoms with Crippen LogP contribution in [0, 0.1) is 6.92 Å². The molecule has 2 aliphatic rings. The lowest BCUT2D eigenvalue weighted by molar-refractivity contribution is 0.0250. The molecule has 4 rings (SSSR count). The van der Waals surface area contributed by atoms with Gasteiger partial charge in [0.05, 0.1) is 25.5 Å². The van der Waals surface area contributed by atoms with Gasteiger partial charge in [-0.05, 0) is 43.2 Å². The SMILES string of the molecule is COc1ccc(CN2CC3(C[C@H](OCc4cccc(C)n4)CS3)C2)cc1. The smallest absolute Gasteiger partial charge is 0.118 e. The summed E-state index contributed by atoms with van der Waals surface area (Å²) in [5.41, 5.74) is 3.43. The van der Waals surface area contributed by atoms with Gasteiger partial charge in [0, 0.05) is 35.8 Å². The maximum atomic E-state index is 6.14. The van der Waals surface area contributed by atoms with E-state index in [1.165, 1.54) is 5.56 Å². The highest BCUT2D eigenvalue weighted by Crippen LogP contribution is 2.46. The van der Waals surface area contributed by atoms with Crippen LogP contribution in [0.25, 0.3) is 0 Å². The molecule has 2 saturated heterocycles. The molecule has 3 heterocycles. The van der Waals surface area contributed by atoms with E-state index < -0.39 is 0 Å². The molecular weight excluding hydrogens is 344 g/mol. The van der Waals surface area contributed by atoms with Crippen molar-refractivity contribution in [3.8, 4) is 5.75 Å². The highest BCUT2D eigenvalue weighted by molar-refractivity contribution is 8.01. The zero-order valence-electron chi connectivity index (χ0n) is 15.5. The maximum Gasteiger partial charge on any atom is 0.118 e. The third-order valence-electron chi connectivity index (χ3n) is 5.18. The van der Waals surface area contributed by atoms with Crippen LogP contribution >= 0.6 is 11.8 Å². The van der Waals surface area contributed by atoms with Gasteiger partial charge < -0.3 is 9.47 Å². The molecule has 1 spiro atoms. The van der Waals surface area contributed by atoms with Crippen LogP contribution in [0.15, 0.2) is 42.5 Å². The minimum absolute atomic E-state index is 0.352. The van der Waals surface area contributed by atoms with Gasteiger partial charge in [0.15, 0.2) is 0 Å². The molecule has 4 nitrogen and oxygen atoms in total. The van der Waals surface area contributed by atoms with Crippen LogP contribution in [0.1, 0.15) is 23.4 Å². The quantitative estimate of drug-likeness (QED) is 0.775. The number of aryl methyl sites for hydroxylation is 1. The lowest BCUT2D eigenvalue weighted by atomic mass is 9.92. The van der Waals surface area contributed by atoms with Crippen LogP contribution in [-0.2, 0) is 17.9 Å². The van der Waals surface area contributed by atoms with E-state index in [1.54, 1.807) is 7.11 Å². The monoisotopic (exact) mass is 370 g/mol. The minimum atomic E-state index is 0.352. The van der Waals surface area contributed by atoms with E-state index in [2.05, 4.69) is 39.8 Å². The predicted molar refractivity (Wildman–Crippen MR) is 106 cm³/mol. The molecule has 1 atom stereocenters. The summed E-state index contributed by atoms with van der Waals surface area (Å²) in [5, 5.41) is 0. The molecule has 2 aromatic rings. The summed E-state index contributed by atoms with van der Waals surface area (Å²) in [6.07, 6.45) is 1.51. The van der Waals surface area contributed by atoms with Gasteiger partial charge in [-0.1, -0.05) is 18.2 Å². The normalized spacial score (nSPS) is 21.7. The molecule has 5 heteroatoms. The molecule has 0 saturated carbocycles. The number of thioether (sulfide) groups is 1. The molecule has 138 valence electrons. The van der Waals surface area contributed by atoms with E-state index in [1.807, 2.05) is 31.2 Å². The van der Waals surface area contributed by atoms with Crippen LogP contribution in [0.2, 0.25) is 0 Å². The average Bonchev–Trinajstić information content (AvgIpc) is 3.05. The highest BCUT2D eigenvalue weighted by atomic mass is 32.2. The molecule has 0 N–H and O–H groups in total. The molecule has 1 aromatic carbocycles. The third-order valence-corrected chi connectivity index (χ3v) is 6.75. The Morgan fingerprint density at radius 2 is 2.00 bits per heavy atom. The van der Waals surface area contributed by atoms with Gasteiger partial charge in [0.2, 0.25) is 0 Å². The first-order chi connectivity index (χ1) is 12.6. The number of methoxy groups -OCH3 is 1. The summed E-state index contributed by atoms with van der Waals surface area (Å²) in [6.45, 7) is 5.98. The molecule has 0 amide bonds. The predicted octanol–water partition coefficient (Wildman–Crippen LogP) is 3.68. The standard InChI is InChI=1S/C21H26N2O2S/c1-16-4-3-5-18(22-16)12-25-20-10-21(26-13-20)14-23(15-21)11-17-6-8-19(24-2)9-7-17/h3-9,20H,10-15H2,1-2H3/t20-/m0/s1. The van der Waals surface area contributed by atoms with Crippen molar-refractivity contribution in [2.45, 2.75) is 37.3 Å². The number of benzene rings is 1. The number of nitrogens with zero attached hydrogens (tertiary/aromatic N) is 2. The van der Waals surface area contributed by atoms with E-state index in [-0.39, 0.29) is 0 Å². The topological polar surface area (TPSA) is 34.6 Å². The van der Waals surface area contributed by atoms with Crippen LogP contribution in [-0.4, -0.2) is 46.7 Å². The summed E-state index contributed by atoms with van der Waals surface area (Å²) in [4.78, 5) is 7.05. The summed E-state index contributed by atoms with van der Waals surface area (Å²) >= 11 is 2.09. The summed E-state index contributed by atoms with van der Waals surface area (Å²) in [7, 11) is 1.71. The first-order valence-electron chi connectivity index (χ1n) is 9.18. The number of pyridine rings is 1. The van der Waals surface area contributed by atoms with Crippen molar-refractivity contribution < 1.29 is 9.47 Å². The Morgan fingerprint density at radius 3 is 2.73 bits per heavy atom. The first kappa shape index (κ1) is 17.8. The number of hydrogen-bond acceptors (Lipinski definition) is 5. The number of likely N-dealkylation sites (tertiary alicyclic amines) is 1. The molecule has 0 bridgehead atoms. The van der Waals surface area contributed by atoms with Gasteiger partial charge >= 0.3 is 0 Å². The molecule has 26 heavy (non-hydrogen) atoms. The van der Waals surface area contributed by atoms with Crippen molar-refractivity contribution >= 4 is 11.8 Å². The highest BCUT2D eigenvalue weighted by Gasteiger charge is 2.49. The van der Waals surface area contributed by atoms with Crippen LogP contribution < -0.4 is 4.74 Å². The maximum absolute atomic E-state index is 6.14. The Balaban J connectivity index is 1.23. The molecule has 0 aliphatic carbocycles. The fourth-order valence-electron chi connectivity index (χ4n) is 3.88. The van der Waals surface area contributed by atoms with Gasteiger partial charge in [0.25, 0.3) is 0 Å². The van der Waals surface area contributed by atoms with Gasteiger partial charge in [-0.25, -0.2) is 0 Å². The van der Waals surface area contributed by atoms with E-state index in [4.69, 9.17) is 9.47 Å². The van der Waals surface area contributed by atoms with Crippen molar-refractivity contribution in [3.63, 3.8) is 0 Å². The summed E-state index contributed by atoms with van der Waals surface area (Å²) < 4.78 is 11.8. The van der Waals surface area contributed by atoms with Crippen molar-refractivity contribution in [1.82, 2.24) is 9.88 Å². The first-order valence-corrected chi connectivity index (χ1v) is 10.2. The minimum Gasteiger partial charge on any atom is -0.497 e. The fraction of sp³-hybridized carbons (Fsp3) is 0.476. The Bertz CT molecular complexity index is 744. The fourth-order valence-corrected chi connectivity index (χ4v) is 5.49. The van der Waals surface area contributed by atoms with Crippen LogP contribution in [0.5, 0.6) is 5.75 Å². The Kier molecular flexibility index (Phi) is 5.20. The lowest BCUT2D eigenvalue weighted by Crippen LogP contribution is -2.58. The third kappa shape index (κ3) is 4.05.